The Morgan fingerprint density at radius 3 is 2.54 bits per heavy atom. The van der Waals surface area contributed by atoms with Gasteiger partial charge in [0.2, 0.25) is 0 Å². The van der Waals surface area contributed by atoms with Crippen molar-refractivity contribution in [2.75, 3.05) is 26.1 Å². The Kier molecular flexibility index (Phi) is 6.03. The van der Waals surface area contributed by atoms with Crippen molar-refractivity contribution in [3.8, 4) is 23.3 Å². The van der Waals surface area contributed by atoms with Crippen LogP contribution in [0.15, 0.2) is 42.5 Å². The highest BCUT2D eigenvalue weighted by atomic mass is 19.1. The molecule has 0 aliphatic carbocycles. The highest BCUT2D eigenvalue weighted by molar-refractivity contribution is 5.91. The quantitative estimate of drug-likeness (QED) is 0.848. The molecule has 124 valence electrons. The number of benzene rings is 2. The zero-order chi connectivity index (χ0) is 17.4. The van der Waals surface area contributed by atoms with Gasteiger partial charge < -0.3 is 20.1 Å². The van der Waals surface area contributed by atoms with E-state index in [1.807, 2.05) is 0 Å². The lowest BCUT2D eigenvalue weighted by molar-refractivity contribution is 0.253. The van der Waals surface area contributed by atoms with Crippen molar-refractivity contribution in [1.29, 1.82) is 0 Å². The molecule has 2 N–H and O–H groups in total. The molecule has 0 bridgehead atoms. The number of nitrogens with one attached hydrogen (secondary N) is 2. The van der Waals surface area contributed by atoms with E-state index in [-0.39, 0.29) is 12.4 Å². The lowest BCUT2D eigenvalue weighted by Crippen LogP contribution is -2.29. The van der Waals surface area contributed by atoms with E-state index in [1.165, 1.54) is 19.2 Å². The van der Waals surface area contributed by atoms with Crippen LogP contribution in [0.25, 0.3) is 0 Å². The maximum Gasteiger partial charge on any atom is 0.320 e. The molecule has 0 unspecified atom stereocenters. The van der Waals surface area contributed by atoms with Crippen LogP contribution in [0.1, 0.15) is 5.56 Å². The van der Waals surface area contributed by atoms with Crippen molar-refractivity contribution >= 4 is 11.7 Å². The van der Waals surface area contributed by atoms with Gasteiger partial charge in [-0.2, -0.15) is 0 Å². The summed E-state index contributed by atoms with van der Waals surface area (Å²) in [5.41, 5.74) is 1.19. The normalized spacial score (nSPS) is 9.46. The van der Waals surface area contributed by atoms with Crippen LogP contribution in [0.5, 0.6) is 11.5 Å². The highest BCUT2D eigenvalue weighted by Crippen LogP contribution is 2.28. The smallest absolute Gasteiger partial charge is 0.320 e. The maximum atomic E-state index is 12.8. The minimum Gasteiger partial charge on any atom is -0.497 e. The molecule has 0 saturated carbocycles. The number of methoxy groups -OCH3 is 2. The molecule has 0 aliphatic rings. The number of rotatable bonds is 4. The van der Waals surface area contributed by atoms with Crippen molar-refractivity contribution in [3.63, 3.8) is 0 Å². The van der Waals surface area contributed by atoms with Crippen molar-refractivity contribution < 1.29 is 18.7 Å². The average molecular weight is 328 g/mol. The summed E-state index contributed by atoms with van der Waals surface area (Å²) in [6.45, 7) is 0.154. The van der Waals surface area contributed by atoms with Gasteiger partial charge in [-0.1, -0.05) is 11.8 Å². The lowest BCUT2D eigenvalue weighted by Gasteiger charge is -2.11. The molecule has 0 aliphatic heterocycles. The topological polar surface area (TPSA) is 59.6 Å². The molecular weight excluding hydrogens is 311 g/mol. The molecule has 0 saturated heterocycles. The number of anilines is 1. The second-order valence-corrected chi connectivity index (χ2v) is 4.68. The summed E-state index contributed by atoms with van der Waals surface area (Å²) < 4.78 is 23.1. The summed E-state index contributed by atoms with van der Waals surface area (Å²) in [4.78, 5) is 11.9. The number of hydrogen-bond donors (Lipinski definition) is 2. The molecule has 2 aromatic carbocycles. The fraction of sp³-hybridized carbons (Fsp3) is 0.167. The standard InChI is InChI=1S/C18H17FN2O3/c1-23-15-9-10-16(17(12-15)24-2)21-18(22)20-11-3-4-13-5-7-14(19)8-6-13/h5-10,12H,11H2,1-2H3,(H2,20,21,22). The minimum atomic E-state index is -0.410. The van der Waals surface area contributed by atoms with Crippen molar-refractivity contribution in [3.05, 3.63) is 53.8 Å². The van der Waals surface area contributed by atoms with Crippen molar-refractivity contribution in [2.45, 2.75) is 0 Å². The van der Waals surface area contributed by atoms with E-state index in [2.05, 4.69) is 22.5 Å². The summed E-state index contributed by atoms with van der Waals surface area (Å²) in [6.07, 6.45) is 0. The van der Waals surface area contributed by atoms with E-state index >= 15 is 0 Å². The number of ether oxygens (including phenoxy) is 2. The molecule has 24 heavy (non-hydrogen) atoms. The van der Waals surface area contributed by atoms with Gasteiger partial charge in [0, 0.05) is 11.6 Å². The third kappa shape index (κ3) is 4.92. The SMILES string of the molecule is COc1ccc(NC(=O)NCC#Cc2ccc(F)cc2)c(OC)c1. The first-order chi connectivity index (χ1) is 11.6. The van der Waals surface area contributed by atoms with Gasteiger partial charge in [-0.3, -0.25) is 0 Å². The number of halogens is 1. The molecular formula is C18H17FN2O3. The van der Waals surface area contributed by atoms with Crippen LogP contribution in [0.3, 0.4) is 0 Å². The van der Waals surface area contributed by atoms with Crippen LogP contribution in [-0.2, 0) is 0 Å². The van der Waals surface area contributed by atoms with E-state index < -0.39 is 6.03 Å². The summed E-state index contributed by atoms with van der Waals surface area (Å²) in [5, 5.41) is 5.28. The highest BCUT2D eigenvalue weighted by Gasteiger charge is 2.07. The Bertz CT molecular complexity index is 764. The first-order valence-corrected chi connectivity index (χ1v) is 7.13. The van der Waals surface area contributed by atoms with Crippen LogP contribution >= 0.6 is 0 Å². The fourth-order valence-electron chi connectivity index (χ4n) is 1.87. The zero-order valence-electron chi connectivity index (χ0n) is 13.4. The maximum absolute atomic E-state index is 12.8. The second-order valence-electron chi connectivity index (χ2n) is 4.68. The van der Waals surface area contributed by atoms with Gasteiger partial charge in [0.1, 0.15) is 17.3 Å². The lowest BCUT2D eigenvalue weighted by atomic mass is 10.2. The number of urea groups is 1. The first-order valence-electron chi connectivity index (χ1n) is 7.13. The molecule has 0 radical (unpaired) electrons. The van der Waals surface area contributed by atoms with Gasteiger partial charge in [-0.25, -0.2) is 9.18 Å². The monoisotopic (exact) mass is 328 g/mol. The van der Waals surface area contributed by atoms with Gasteiger partial charge in [0.25, 0.3) is 0 Å². The van der Waals surface area contributed by atoms with Crippen LogP contribution < -0.4 is 20.1 Å². The van der Waals surface area contributed by atoms with E-state index in [0.29, 0.717) is 22.7 Å². The van der Waals surface area contributed by atoms with E-state index in [4.69, 9.17) is 9.47 Å². The number of hydrogen-bond acceptors (Lipinski definition) is 3. The molecule has 2 amide bonds. The molecule has 0 spiro atoms. The zero-order valence-corrected chi connectivity index (χ0v) is 13.4. The van der Waals surface area contributed by atoms with Crippen LogP contribution in [0.2, 0.25) is 0 Å². The van der Waals surface area contributed by atoms with E-state index in [0.717, 1.165) is 0 Å². The fourth-order valence-corrected chi connectivity index (χ4v) is 1.87. The first kappa shape index (κ1) is 17.2. The Balaban J connectivity index is 1.89. The van der Waals surface area contributed by atoms with Gasteiger partial charge in [-0.05, 0) is 36.4 Å². The average Bonchev–Trinajstić information content (AvgIpc) is 2.60. The van der Waals surface area contributed by atoms with Crippen LogP contribution in [-0.4, -0.2) is 26.8 Å². The predicted octanol–water partition coefficient (Wildman–Crippen LogP) is 3.02. The van der Waals surface area contributed by atoms with Gasteiger partial charge in [-0.15, -0.1) is 0 Å². The molecule has 5 nitrogen and oxygen atoms in total. The third-order valence-corrected chi connectivity index (χ3v) is 3.07. The Morgan fingerprint density at radius 1 is 1.12 bits per heavy atom. The van der Waals surface area contributed by atoms with Gasteiger partial charge >= 0.3 is 6.03 Å². The van der Waals surface area contributed by atoms with Crippen LogP contribution in [0, 0.1) is 17.7 Å². The van der Waals surface area contributed by atoms with Gasteiger partial charge in [0.05, 0.1) is 26.5 Å². The largest absolute Gasteiger partial charge is 0.497 e. The molecule has 2 aromatic rings. The summed E-state index contributed by atoms with van der Waals surface area (Å²) in [5.74, 6) is 6.42. The third-order valence-electron chi connectivity index (χ3n) is 3.07. The summed E-state index contributed by atoms with van der Waals surface area (Å²) in [6, 6.07) is 10.5. The molecule has 0 fully saturated rings. The van der Waals surface area contributed by atoms with E-state index in [9.17, 15) is 9.18 Å². The summed E-state index contributed by atoms with van der Waals surface area (Å²) >= 11 is 0. The number of carbonyl (C=O) groups is 1. The van der Waals surface area contributed by atoms with Crippen molar-refractivity contribution in [1.82, 2.24) is 5.32 Å². The number of amides is 2. The van der Waals surface area contributed by atoms with Crippen molar-refractivity contribution in [2.24, 2.45) is 0 Å². The van der Waals surface area contributed by atoms with Crippen LogP contribution in [0.4, 0.5) is 14.9 Å². The minimum absolute atomic E-state index is 0.154. The van der Waals surface area contributed by atoms with Gasteiger partial charge in [0.15, 0.2) is 0 Å². The molecule has 0 heterocycles. The Morgan fingerprint density at radius 2 is 1.88 bits per heavy atom. The second kappa shape index (κ2) is 8.44. The number of carbonyl (C=O) groups excluding carboxylic acids is 1. The van der Waals surface area contributed by atoms with E-state index in [1.54, 1.807) is 37.4 Å². The predicted molar refractivity (Wildman–Crippen MR) is 89.8 cm³/mol. The Hall–Kier alpha value is -3.20. The molecule has 0 aromatic heterocycles. The Labute approximate surface area is 139 Å². The molecule has 2 rings (SSSR count). The molecule has 6 heteroatoms. The molecule has 0 atom stereocenters. The summed E-state index contributed by atoms with van der Waals surface area (Å²) in [7, 11) is 3.06.